The van der Waals surface area contributed by atoms with Gasteiger partial charge in [-0.3, -0.25) is 0 Å². The first-order valence-corrected chi connectivity index (χ1v) is 4.19. The largest absolute Gasteiger partial charge is 0.462 e. The quantitative estimate of drug-likeness (QED) is 0.673. The minimum absolute atomic E-state index is 0.341. The van der Waals surface area contributed by atoms with Crippen LogP contribution < -0.4 is 0 Å². The Morgan fingerprint density at radius 1 is 1.64 bits per heavy atom. The van der Waals surface area contributed by atoms with E-state index in [4.69, 9.17) is 9.26 Å². The van der Waals surface area contributed by atoms with Gasteiger partial charge in [0, 0.05) is 6.20 Å². The number of rotatable bonds is 2. The van der Waals surface area contributed by atoms with E-state index in [-0.39, 0.29) is 5.97 Å². The minimum atomic E-state index is -0.386. The fourth-order valence-electron chi connectivity index (χ4n) is 1.17. The molecule has 5 heteroatoms. The highest BCUT2D eigenvalue weighted by molar-refractivity contribution is 6.01. The van der Waals surface area contributed by atoms with E-state index in [1.165, 1.54) is 12.4 Å². The number of aromatic nitrogens is 2. The number of hydrogen-bond acceptors (Lipinski definition) is 5. The van der Waals surface area contributed by atoms with Gasteiger partial charge in [-0.1, -0.05) is 5.16 Å². The monoisotopic (exact) mass is 192 g/mol. The van der Waals surface area contributed by atoms with Crippen molar-refractivity contribution < 1.29 is 14.1 Å². The third-order valence-electron chi connectivity index (χ3n) is 1.77. The Bertz CT molecular complexity index is 464. The molecule has 0 N–H and O–H groups in total. The van der Waals surface area contributed by atoms with E-state index in [1.54, 1.807) is 13.0 Å². The molecule has 5 nitrogen and oxygen atoms in total. The van der Waals surface area contributed by atoms with Crippen molar-refractivity contribution in [2.24, 2.45) is 0 Å². The number of carbonyl (C=O) groups is 1. The molecule has 0 aliphatic rings. The summed E-state index contributed by atoms with van der Waals surface area (Å²) in [5.41, 5.74) is 0.772. The maximum absolute atomic E-state index is 11.4. The Morgan fingerprint density at radius 2 is 2.50 bits per heavy atom. The predicted octanol–water partition coefficient (Wildman–Crippen LogP) is 1.40. The van der Waals surface area contributed by atoms with Crippen molar-refractivity contribution in [1.82, 2.24) is 10.1 Å². The van der Waals surface area contributed by atoms with Crippen LogP contribution in [0.5, 0.6) is 0 Å². The molecule has 2 rings (SSSR count). The van der Waals surface area contributed by atoms with Gasteiger partial charge < -0.3 is 9.26 Å². The van der Waals surface area contributed by atoms with Gasteiger partial charge in [0.05, 0.1) is 23.8 Å². The topological polar surface area (TPSA) is 65.2 Å². The zero-order chi connectivity index (χ0) is 9.97. The van der Waals surface area contributed by atoms with Crippen molar-refractivity contribution in [2.75, 3.05) is 6.61 Å². The van der Waals surface area contributed by atoms with Crippen molar-refractivity contribution >= 4 is 17.1 Å². The van der Waals surface area contributed by atoms with Gasteiger partial charge >= 0.3 is 5.97 Å². The van der Waals surface area contributed by atoms with Gasteiger partial charge in [-0.2, -0.15) is 0 Å². The highest BCUT2D eigenvalue weighted by Gasteiger charge is 2.13. The first-order valence-electron chi connectivity index (χ1n) is 4.19. The predicted molar refractivity (Wildman–Crippen MR) is 47.8 cm³/mol. The Morgan fingerprint density at radius 3 is 3.29 bits per heavy atom. The van der Waals surface area contributed by atoms with Crippen LogP contribution in [0.1, 0.15) is 17.3 Å². The van der Waals surface area contributed by atoms with Crippen molar-refractivity contribution in [2.45, 2.75) is 6.92 Å². The lowest BCUT2D eigenvalue weighted by atomic mass is 10.2. The summed E-state index contributed by atoms with van der Waals surface area (Å²) in [6.07, 6.45) is 2.94. The molecular weight excluding hydrogens is 184 g/mol. The number of ether oxygens (including phenoxy) is 1. The van der Waals surface area contributed by atoms with Gasteiger partial charge in [-0.25, -0.2) is 9.78 Å². The zero-order valence-electron chi connectivity index (χ0n) is 7.56. The summed E-state index contributed by atoms with van der Waals surface area (Å²) in [5, 5.41) is 4.13. The molecule has 0 spiro atoms. The molecule has 2 heterocycles. The molecule has 0 saturated heterocycles. The maximum Gasteiger partial charge on any atom is 0.339 e. The number of pyridine rings is 1. The number of esters is 1. The number of nitrogens with zero attached hydrogens (tertiary/aromatic N) is 2. The lowest BCUT2D eigenvalue weighted by Gasteiger charge is -2.00. The Hall–Kier alpha value is -1.91. The first kappa shape index (κ1) is 8.68. The van der Waals surface area contributed by atoms with Gasteiger partial charge in [-0.15, -0.1) is 0 Å². The summed E-state index contributed by atoms with van der Waals surface area (Å²) in [4.78, 5) is 15.3. The maximum atomic E-state index is 11.4. The van der Waals surface area contributed by atoms with Crippen LogP contribution in [0.15, 0.2) is 23.0 Å². The molecule has 0 atom stereocenters. The lowest BCUT2D eigenvalue weighted by molar-refractivity contribution is 0.0528. The Labute approximate surface area is 79.7 Å². The van der Waals surface area contributed by atoms with Crippen LogP contribution in [-0.4, -0.2) is 22.7 Å². The standard InChI is InChI=1S/C9H8N2O3/c1-2-13-9(12)6-3-4-10-8-7(6)5-11-14-8/h3-5H,2H2,1H3. The average Bonchev–Trinajstić information content (AvgIpc) is 2.65. The molecule has 0 aromatic carbocycles. The summed E-state index contributed by atoms with van der Waals surface area (Å²) < 4.78 is 9.69. The van der Waals surface area contributed by atoms with Gasteiger partial charge in [0.2, 0.25) is 0 Å². The van der Waals surface area contributed by atoms with Crippen LogP contribution in [-0.2, 0) is 4.74 Å². The average molecular weight is 192 g/mol. The zero-order valence-corrected chi connectivity index (χ0v) is 7.56. The molecule has 2 aromatic heterocycles. The Balaban J connectivity index is 2.50. The molecule has 0 unspecified atom stereocenters. The third kappa shape index (κ3) is 1.32. The number of carbonyl (C=O) groups excluding carboxylic acids is 1. The fourth-order valence-corrected chi connectivity index (χ4v) is 1.17. The van der Waals surface area contributed by atoms with Crippen LogP contribution in [0.25, 0.3) is 11.1 Å². The molecule has 0 aliphatic heterocycles. The van der Waals surface area contributed by atoms with E-state index in [0.717, 1.165) is 0 Å². The van der Waals surface area contributed by atoms with Gasteiger partial charge in [0.25, 0.3) is 5.71 Å². The molecule has 0 amide bonds. The van der Waals surface area contributed by atoms with E-state index in [0.29, 0.717) is 23.3 Å². The SMILES string of the molecule is CCOC(=O)c1ccnc2oncc12. The second-order valence-corrected chi connectivity index (χ2v) is 2.62. The third-order valence-corrected chi connectivity index (χ3v) is 1.77. The van der Waals surface area contributed by atoms with Gasteiger partial charge in [0.1, 0.15) is 0 Å². The smallest absolute Gasteiger partial charge is 0.339 e. The van der Waals surface area contributed by atoms with Crippen LogP contribution >= 0.6 is 0 Å². The van der Waals surface area contributed by atoms with Crippen molar-refractivity contribution in [3.05, 3.63) is 24.0 Å². The van der Waals surface area contributed by atoms with Crippen molar-refractivity contribution in [1.29, 1.82) is 0 Å². The van der Waals surface area contributed by atoms with E-state index in [9.17, 15) is 4.79 Å². The second kappa shape index (κ2) is 3.45. The summed E-state index contributed by atoms with van der Waals surface area (Å²) >= 11 is 0. The van der Waals surface area contributed by atoms with E-state index >= 15 is 0 Å². The molecule has 2 aromatic rings. The number of hydrogen-bond donors (Lipinski definition) is 0. The van der Waals surface area contributed by atoms with Crippen LogP contribution in [0.3, 0.4) is 0 Å². The van der Waals surface area contributed by atoms with Gasteiger partial charge in [-0.05, 0) is 13.0 Å². The van der Waals surface area contributed by atoms with Crippen LogP contribution in [0.2, 0.25) is 0 Å². The fraction of sp³-hybridized carbons (Fsp3) is 0.222. The highest BCUT2D eigenvalue weighted by atomic mass is 16.5. The summed E-state index contributed by atoms with van der Waals surface area (Å²) in [5.74, 6) is -0.386. The normalized spacial score (nSPS) is 10.4. The first-order chi connectivity index (χ1) is 6.83. The molecule has 0 radical (unpaired) electrons. The highest BCUT2D eigenvalue weighted by Crippen LogP contribution is 2.16. The minimum Gasteiger partial charge on any atom is -0.462 e. The summed E-state index contributed by atoms with van der Waals surface area (Å²) in [6.45, 7) is 2.10. The molecular formula is C9H8N2O3. The van der Waals surface area contributed by atoms with E-state index < -0.39 is 0 Å². The van der Waals surface area contributed by atoms with Gasteiger partial charge in [0.15, 0.2) is 0 Å². The van der Waals surface area contributed by atoms with Crippen molar-refractivity contribution in [3.63, 3.8) is 0 Å². The lowest BCUT2D eigenvalue weighted by Crippen LogP contribution is -2.04. The molecule has 0 aliphatic carbocycles. The Kier molecular flexibility index (Phi) is 2.14. The second-order valence-electron chi connectivity index (χ2n) is 2.62. The van der Waals surface area contributed by atoms with Crippen LogP contribution in [0, 0.1) is 0 Å². The summed E-state index contributed by atoms with van der Waals surface area (Å²) in [6, 6.07) is 1.58. The molecule has 72 valence electrons. The molecule has 0 saturated carbocycles. The molecule has 0 fully saturated rings. The van der Waals surface area contributed by atoms with Crippen molar-refractivity contribution in [3.8, 4) is 0 Å². The van der Waals surface area contributed by atoms with Crippen LogP contribution in [0.4, 0.5) is 0 Å². The molecule has 0 bridgehead atoms. The molecule has 14 heavy (non-hydrogen) atoms. The van der Waals surface area contributed by atoms with E-state index in [1.807, 2.05) is 0 Å². The van der Waals surface area contributed by atoms with E-state index in [2.05, 4.69) is 10.1 Å². The number of fused-ring (bicyclic) bond motifs is 1. The summed E-state index contributed by atoms with van der Waals surface area (Å²) in [7, 11) is 0.